The maximum absolute atomic E-state index is 13.6. The smallest absolute Gasteiger partial charge is 0.408 e. The first-order valence-electron chi connectivity index (χ1n) is 17.3. The summed E-state index contributed by atoms with van der Waals surface area (Å²) in [7, 11) is 0. The summed E-state index contributed by atoms with van der Waals surface area (Å²) in [5.74, 6) is -0.128. The summed E-state index contributed by atoms with van der Waals surface area (Å²) in [4.78, 5) is 59.4. The highest BCUT2D eigenvalue weighted by Gasteiger charge is 2.35. The fourth-order valence-corrected chi connectivity index (χ4v) is 5.76. The first kappa shape index (κ1) is 38.1. The molecule has 4 rings (SSSR count). The summed E-state index contributed by atoms with van der Waals surface area (Å²) in [6, 6.07) is 18.3. The molecule has 2 atom stereocenters. The van der Waals surface area contributed by atoms with Gasteiger partial charge < -0.3 is 34.9 Å². The molecule has 2 aromatic carbocycles. The molecule has 1 fully saturated rings. The quantitative estimate of drug-likeness (QED) is 0.196. The van der Waals surface area contributed by atoms with Crippen LogP contribution in [-0.2, 0) is 37.0 Å². The zero-order chi connectivity index (χ0) is 36.3. The summed E-state index contributed by atoms with van der Waals surface area (Å²) in [5.41, 5.74) is -0.213. The van der Waals surface area contributed by atoms with Crippen molar-refractivity contribution in [2.45, 2.75) is 103 Å². The molecule has 0 saturated carbocycles. The van der Waals surface area contributed by atoms with Crippen LogP contribution in [0.25, 0.3) is 0 Å². The first-order valence-corrected chi connectivity index (χ1v) is 17.3. The van der Waals surface area contributed by atoms with E-state index >= 15 is 0 Å². The number of alkyl carbamates (subject to hydrolysis) is 1. The van der Waals surface area contributed by atoms with Crippen LogP contribution < -0.4 is 16.0 Å². The van der Waals surface area contributed by atoms with Crippen molar-refractivity contribution in [3.8, 4) is 0 Å². The number of hydrogen-bond acceptors (Lipinski definition) is 7. The third-order valence-corrected chi connectivity index (χ3v) is 8.44. The van der Waals surface area contributed by atoms with Gasteiger partial charge >= 0.3 is 6.09 Å². The van der Waals surface area contributed by atoms with E-state index in [1.165, 1.54) is 13.8 Å². The van der Waals surface area contributed by atoms with Crippen molar-refractivity contribution in [3.05, 3.63) is 83.8 Å². The second-order valence-electron chi connectivity index (χ2n) is 14.3. The van der Waals surface area contributed by atoms with Crippen molar-refractivity contribution >= 4 is 29.6 Å². The molecule has 3 N–H and O–H groups in total. The van der Waals surface area contributed by atoms with Gasteiger partial charge in [-0.05, 0) is 78.4 Å². The summed E-state index contributed by atoms with van der Waals surface area (Å²) < 4.78 is 13.1. The minimum Gasteiger partial charge on any atom is -0.444 e. The van der Waals surface area contributed by atoms with E-state index in [9.17, 15) is 19.2 Å². The van der Waals surface area contributed by atoms with Gasteiger partial charge in [0.05, 0.1) is 19.1 Å². The lowest BCUT2D eigenvalue weighted by Gasteiger charge is -2.29. The standard InChI is InChI=1S/C38H52N6O6/c1-27-39-32(24-44(27)23-15-20-30(29-18-11-8-12-19-29)34(46)43-21-13-14-22-43)41-33(45)31(26-49-25-28-16-9-7-10-17-28)40-35(47)38(5,6)42-36(48)50-37(2,3)4/h7-12,16-19,24,30-31H,13-15,20-23,25-26H2,1-6H3,(H,40,47)(H,41,45)(H,42,48)/t30?,31-/m1/s1. The molecule has 1 aliphatic rings. The molecule has 1 unspecified atom stereocenters. The molecule has 50 heavy (non-hydrogen) atoms. The Bertz CT molecular complexity index is 1580. The molecule has 3 aromatic rings. The van der Waals surface area contributed by atoms with E-state index in [1.54, 1.807) is 27.0 Å². The molecule has 1 aliphatic heterocycles. The van der Waals surface area contributed by atoms with Gasteiger partial charge in [-0.2, -0.15) is 0 Å². The van der Waals surface area contributed by atoms with Crippen LogP contribution in [0.15, 0.2) is 66.9 Å². The number of nitrogens with one attached hydrogen (secondary N) is 3. The molecule has 270 valence electrons. The Balaban J connectivity index is 1.40. The van der Waals surface area contributed by atoms with Crippen molar-refractivity contribution in [2.75, 3.05) is 25.0 Å². The number of imidazole rings is 1. The van der Waals surface area contributed by atoms with Gasteiger partial charge in [0.1, 0.15) is 23.0 Å². The summed E-state index contributed by atoms with van der Waals surface area (Å²) in [5, 5.41) is 8.13. The molecule has 0 aliphatic carbocycles. The van der Waals surface area contributed by atoms with Crippen molar-refractivity contribution in [3.63, 3.8) is 0 Å². The minimum atomic E-state index is -1.40. The lowest BCUT2D eigenvalue weighted by molar-refractivity contribution is -0.132. The third kappa shape index (κ3) is 11.4. The predicted octanol–water partition coefficient (Wildman–Crippen LogP) is 5.32. The van der Waals surface area contributed by atoms with Gasteiger partial charge in [0.25, 0.3) is 5.91 Å². The Morgan fingerprint density at radius 2 is 1.56 bits per heavy atom. The lowest BCUT2D eigenvalue weighted by Crippen LogP contribution is -2.59. The number of likely N-dealkylation sites (tertiary alicyclic amines) is 1. The average molecular weight is 689 g/mol. The van der Waals surface area contributed by atoms with Crippen LogP contribution in [0.1, 0.15) is 83.2 Å². The highest BCUT2D eigenvalue weighted by Crippen LogP contribution is 2.26. The molecule has 2 heterocycles. The number of rotatable bonds is 15. The van der Waals surface area contributed by atoms with Crippen LogP contribution in [-0.4, -0.2) is 75.1 Å². The lowest BCUT2D eigenvalue weighted by atomic mass is 9.92. The number of carbonyl (C=O) groups is 4. The number of benzene rings is 2. The second-order valence-corrected chi connectivity index (χ2v) is 14.3. The summed E-state index contributed by atoms with van der Waals surface area (Å²) in [6.07, 6.45) is 4.50. The summed E-state index contributed by atoms with van der Waals surface area (Å²) in [6.45, 7) is 12.4. The normalized spacial score (nSPS) is 14.5. The molecular formula is C38H52N6O6. The molecule has 1 saturated heterocycles. The molecule has 4 amide bonds. The number of nitrogens with zero attached hydrogens (tertiary/aromatic N) is 3. The van der Waals surface area contributed by atoms with Crippen LogP contribution in [0.5, 0.6) is 0 Å². The highest BCUT2D eigenvalue weighted by atomic mass is 16.6. The van der Waals surface area contributed by atoms with Crippen molar-refractivity contribution in [1.29, 1.82) is 0 Å². The van der Waals surface area contributed by atoms with E-state index in [0.29, 0.717) is 24.6 Å². The number of aryl methyl sites for hydroxylation is 2. The summed E-state index contributed by atoms with van der Waals surface area (Å²) >= 11 is 0. The Labute approximate surface area is 295 Å². The van der Waals surface area contributed by atoms with Gasteiger partial charge in [0.2, 0.25) is 11.8 Å². The van der Waals surface area contributed by atoms with Crippen LogP contribution in [0.2, 0.25) is 0 Å². The SMILES string of the molecule is Cc1nc(NC(=O)[C@@H](COCc2ccccc2)NC(=O)C(C)(C)NC(=O)OC(C)(C)C)cn1CCCC(C(=O)N1CCCC1)c1ccccc1. The molecule has 0 spiro atoms. The molecule has 12 heteroatoms. The number of amides is 4. The van der Waals surface area contributed by atoms with Crippen LogP contribution in [0.4, 0.5) is 10.6 Å². The Hall–Kier alpha value is -4.71. The van der Waals surface area contributed by atoms with Gasteiger partial charge in [-0.25, -0.2) is 9.78 Å². The third-order valence-electron chi connectivity index (χ3n) is 8.44. The largest absolute Gasteiger partial charge is 0.444 e. The number of carbonyl (C=O) groups excluding carboxylic acids is 4. The van der Waals surface area contributed by atoms with Crippen molar-refractivity contribution in [1.82, 2.24) is 25.1 Å². The first-order chi connectivity index (χ1) is 23.7. The van der Waals surface area contributed by atoms with E-state index in [4.69, 9.17) is 9.47 Å². The van der Waals surface area contributed by atoms with Gasteiger partial charge in [-0.1, -0.05) is 60.7 Å². The minimum absolute atomic E-state index is 0.124. The van der Waals surface area contributed by atoms with E-state index in [-0.39, 0.29) is 25.0 Å². The molecule has 0 radical (unpaired) electrons. The van der Waals surface area contributed by atoms with E-state index < -0.39 is 35.1 Å². The van der Waals surface area contributed by atoms with Crippen molar-refractivity contribution in [2.24, 2.45) is 0 Å². The fourth-order valence-electron chi connectivity index (χ4n) is 5.76. The number of aromatic nitrogens is 2. The van der Waals surface area contributed by atoms with Crippen LogP contribution >= 0.6 is 0 Å². The Morgan fingerprint density at radius 1 is 0.920 bits per heavy atom. The second kappa shape index (κ2) is 17.3. The maximum atomic E-state index is 13.6. The van der Waals surface area contributed by atoms with Gasteiger partial charge in [-0.15, -0.1) is 0 Å². The molecule has 1 aromatic heterocycles. The zero-order valence-electron chi connectivity index (χ0n) is 30.2. The number of anilines is 1. The molecule has 0 bridgehead atoms. The molecular weight excluding hydrogens is 636 g/mol. The van der Waals surface area contributed by atoms with Crippen molar-refractivity contribution < 1.29 is 28.7 Å². The zero-order valence-corrected chi connectivity index (χ0v) is 30.2. The van der Waals surface area contributed by atoms with Gasteiger partial charge in [0.15, 0.2) is 5.82 Å². The molecule has 12 nitrogen and oxygen atoms in total. The Morgan fingerprint density at radius 3 is 2.20 bits per heavy atom. The van der Waals surface area contributed by atoms with E-state index in [0.717, 1.165) is 43.5 Å². The average Bonchev–Trinajstić information content (AvgIpc) is 3.72. The topological polar surface area (TPSA) is 144 Å². The van der Waals surface area contributed by atoms with E-state index in [1.807, 2.05) is 77.1 Å². The predicted molar refractivity (Wildman–Crippen MR) is 191 cm³/mol. The highest BCUT2D eigenvalue weighted by molar-refractivity contribution is 5.98. The van der Waals surface area contributed by atoms with E-state index in [2.05, 4.69) is 20.9 Å². The Kier molecular flexibility index (Phi) is 13.2. The van der Waals surface area contributed by atoms with Crippen LogP contribution in [0.3, 0.4) is 0 Å². The number of ether oxygens (including phenoxy) is 2. The van der Waals surface area contributed by atoms with Gasteiger partial charge in [0, 0.05) is 25.8 Å². The maximum Gasteiger partial charge on any atom is 0.408 e. The fraction of sp³-hybridized carbons (Fsp3) is 0.500. The van der Waals surface area contributed by atoms with Gasteiger partial charge in [-0.3, -0.25) is 14.4 Å². The monoisotopic (exact) mass is 688 g/mol. The number of hydrogen-bond donors (Lipinski definition) is 3. The van der Waals surface area contributed by atoms with Crippen LogP contribution in [0, 0.1) is 6.92 Å².